The zero-order chi connectivity index (χ0) is 14.7. The number of nitrogens with zero attached hydrogens (tertiary/aromatic N) is 2. The van der Waals surface area contributed by atoms with E-state index in [9.17, 15) is 4.79 Å². The second-order valence-electron chi connectivity index (χ2n) is 5.76. The highest BCUT2D eigenvalue weighted by Crippen LogP contribution is 2.24. The van der Waals surface area contributed by atoms with Crippen molar-refractivity contribution in [1.29, 1.82) is 0 Å². The van der Waals surface area contributed by atoms with Crippen molar-refractivity contribution in [3.8, 4) is 0 Å². The molecule has 1 aromatic rings. The molecule has 0 saturated carbocycles. The van der Waals surface area contributed by atoms with E-state index < -0.39 is 0 Å². The Labute approximate surface area is 125 Å². The van der Waals surface area contributed by atoms with Crippen molar-refractivity contribution in [3.63, 3.8) is 0 Å². The summed E-state index contributed by atoms with van der Waals surface area (Å²) < 4.78 is 0. The Kier molecular flexibility index (Phi) is 4.41. The lowest BCUT2D eigenvalue weighted by molar-refractivity contribution is 0.0760. The summed E-state index contributed by atoms with van der Waals surface area (Å²) in [6.07, 6.45) is 2.01. The first kappa shape index (κ1) is 14.4. The van der Waals surface area contributed by atoms with Gasteiger partial charge in [0.1, 0.15) is 0 Å². The van der Waals surface area contributed by atoms with Gasteiger partial charge in [0, 0.05) is 44.0 Å². The van der Waals surface area contributed by atoms with Crippen LogP contribution >= 0.6 is 0 Å². The molecule has 0 aromatic heterocycles. The van der Waals surface area contributed by atoms with Gasteiger partial charge in [-0.05, 0) is 37.1 Å². The van der Waals surface area contributed by atoms with Gasteiger partial charge < -0.3 is 15.3 Å². The Hall–Kier alpha value is -1.59. The third-order valence-electron chi connectivity index (χ3n) is 4.36. The van der Waals surface area contributed by atoms with Crippen molar-refractivity contribution >= 4 is 11.6 Å². The molecule has 3 rings (SSSR count). The average molecular weight is 289 g/mol. The fraction of sp³-hybridized carbons (Fsp3) is 0.562. The van der Waals surface area contributed by atoms with E-state index in [-0.39, 0.29) is 12.5 Å². The van der Waals surface area contributed by atoms with Crippen LogP contribution in [-0.2, 0) is 6.42 Å². The van der Waals surface area contributed by atoms with Crippen molar-refractivity contribution in [2.24, 2.45) is 0 Å². The van der Waals surface area contributed by atoms with Gasteiger partial charge in [-0.1, -0.05) is 6.07 Å². The summed E-state index contributed by atoms with van der Waals surface area (Å²) in [7, 11) is 0. The molecule has 0 bridgehead atoms. The minimum Gasteiger partial charge on any atom is -0.395 e. The van der Waals surface area contributed by atoms with Gasteiger partial charge in [0.25, 0.3) is 5.91 Å². The van der Waals surface area contributed by atoms with Crippen molar-refractivity contribution in [2.75, 3.05) is 51.2 Å². The van der Waals surface area contributed by atoms with Crippen LogP contribution in [-0.4, -0.2) is 66.7 Å². The molecule has 2 heterocycles. The van der Waals surface area contributed by atoms with Crippen molar-refractivity contribution in [3.05, 3.63) is 29.3 Å². The summed E-state index contributed by atoms with van der Waals surface area (Å²) >= 11 is 0. The van der Waals surface area contributed by atoms with Gasteiger partial charge in [-0.15, -0.1) is 0 Å². The summed E-state index contributed by atoms with van der Waals surface area (Å²) in [5, 5.41) is 12.4. The van der Waals surface area contributed by atoms with E-state index in [1.54, 1.807) is 0 Å². The summed E-state index contributed by atoms with van der Waals surface area (Å²) in [5.74, 6) is 0.123. The number of hydrogen-bond donors (Lipinski definition) is 2. The van der Waals surface area contributed by atoms with Crippen LogP contribution in [0.4, 0.5) is 5.69 Å². The topological polar surface area (TPSA) is 55.8 Å². The Bertz CT molecular complexity index is 518. The molecule has 2 N–H and O–H groups in total. The lowest BCUT2D eigenvalue weighted by Crippen LogP contribution is -2.35. The molecule has 1 saturated heterocycles. The van der Waals surface area contributed by atoms with Gasteiger partial charge in [-0.2, -0.15) is 0 Å². The summed E-state index contributed by atoms with van der Waals surface area (Å²) in [6, 6.07) is 6.00. The number of hydrogen-bond acceptors (Lipinski definition) is 4. The molecule has 0 radical (unpaired) electrons. The van der Waals surface area contributed by atoms with Gasteiger partial charge in [0.05, 0.1) is 6.61 Å². The highest BCUT2D eigenvalue weighted by Gasteiger charge is 2.21. The van der Waals surface area contributed by atoms with Crippen LogP contribution < -0.4 is 5.32 Å². The highest BCUT2D eigenvalue weighted by molar-refractivity contribution is 5.95. The zero-order valence-corrected chi connectivity index (χ0v) is 12.3. The van der Waals surface area contributed by atoms with Crippen molar-refractivity contribution in [1.82, 2.24) is 9.80 Å². The highest BCUT2D eigenvalue weighted by atomic mass is 16.3. The molecular formula is C16H23N3O2. The van der Waals surface area contributed by atoms with Crippen LogP contribution in [0.5, 0.6) is 0 Å². The Balaban J connectivity index is 1.67. The second-order valence-corrected chi connectivity index (χ2v) is 5.76. The molecule has 1 amide bonds. The fourth-order valence-electron chi connectivity index (χ4n) is 3.15. The monoisotopic (exact) mass is 289 g/mol. The van der Waals surface area contributed by atoms with E-state index in [0.29, 0.717) is 6.54 Å². The average Bonchev–Trinajstić information content (AvgIpc) is 2.85. The minimum absolute atomic E-state index is 0.123. The smallest absolute Gasteiger partial charge is 0.253 e. The first-order valence-corrected chi connectivity index (χ1v) is 7.77. The van der Waals surface area contributed by atoms with Crippen LogP contribution in [0, 0.1) is 0 Å². The van der Waals surface area contributed by atoms with E-state index in [1.165, 1.54) is 5.56 Å². The number of β-amino-alcohol motifs (C(OH)–C–C–N with tert-alkyl or cyclic N) is 1. The molecule has 21 heavy (non-hydrogen) atoms. The molecule has 2 aliphatic rings. The predicted molar refractivity (Wildman–Crippen MR) is 82.7 cm³/mol. The maximum atomic E-state index is 12.6. The first-order chi connectivity index (χ1) is 10.3. The molecule has 1 aromatic carbocycles. The van der Waals surface area contributed by atoms with E-state index in [4.69, 9.17) is 5.11 Å². The molecule has 0 atom stereocenters. The normalized spacial score (nSPS) is 19.0. The van der Waals surface area contributed by atoms with Gasteiger partial charge >= 0.3 is 0 Å². The van der Waals surface area contributed by atoms with Crippen LogP contribution in [0.3, 0.4) is 0 Å². The molecule has 114 valence electrons. The largest absolute Gasteiger partial charge is 0.395 e. The standard InChI is InChI=1S/C16H23N3O2/c20-11-10-18-6-1-7-19(9-8-18)16(21)14-3-2-13-4-5-17-15(13)12-14/h2-3,12,17,20H,1,4-11H2. The maximum Gasteiger partial charge on any atom is 0.253 e. The molecule has 0 unspecified atom stereocenters. The quantitative estimate of drug-likeness (QED) is 0.864. The van der Waals surface area contributed by atoms with E-state index in [0.717, 1.165) is 56.8 Å². The Morgan fingerprint density at radius 1 is 1.24 bits per heavy atom. The number of aliphatic hydroxyl groups is 1. The molecule has 5 nitrogen and oxygen atoms in total. The van der Waals surface area contributed by atoms with Crippen LogP contribution in [0.1, 0.15) is 22.3 Å². The maximum absolute atomic E-state index is 12.6. The first-order valence-electron chi connectivity index (χ1n) is 7.77. The molecule has 1 fully saturated rings. The number of nitrogens with one attached hydrogen (secondary N) is 1. The SMILES string of the molecule is O=C(c1ccc2c(c1)NCC2)N1CCCN(CCO)CC1. The summed E-state index contributed by atoms with van der Waals surface area (Å²) in [6.45, 7) is 5.18. The fourth-order valence-corrected chi connectivity index (χ4v) is 3.15. The number of amides is 1. The number of aliphatic hydroxyl groups excluding tert-OH is 1. The van der Waals surface area contributed by atoms with Gasteiger partial charge in [-0.25, -0.2) is 0 Å². The number of rotatable bonds is 3. The third kappa shape index (κ3) is 3.19. The summed E-state index contributed by atoms with van der Waals surface area (Å²) in [5.41, 5.74) is 3.19. The van der Waals surface area contributed by atoms with E-state index in [1.807, 2.05) is 17.0 Å². The second kappa shape index (κ2) is 6.45. The zero-order valence-electron chi connectivity index (χ0n) is 12.3. The van der Waals surface area contributed by atoms with Gasteiger partial charge in [0.2, 0.25) is 0 Å². The molecular weight excluding hydrogens is 266 g/mol. The van der Waals surface area contributed by atoms with Gasteiger partial charge in [-0.3, -0.25) is 9.69 Å². The van der Waals surface area contributed by atoms with Gasteiger partial charge in [0.15, 0.2) is 0 Å². The van der Waals surface area contributed by atoms with E-state index >= 15 is 0 Å². The molecule has 0 spiro atoms. The number of carbonyl (C=O) groups excluding carboxylic acids is 1. The molecule has 2 aliphatic heterocycles. The molecule has 5 heteroatoms. The Morgan fingerprint density at radius 3 is 3.00 bits per heavy atom. The van der Waals surface area contributed by atoms with E-state index in [2.05, 4.69) is 16.3 Å². The molecule has 0 aliphatic carbocycles. The van der Waals surface area contributed by atoms with Crippen LogP contribution in [0.2, 0.25) is 0 Å². The Morgan fingerprint density at radius 2 is 2.14 bits per heavy atom. The predicted octanol–water partition coefficient (Wildman–Crippen LogP) is 0.795. The van der Waals surface area contributed by atoms with Crippen LogP contribution in [0.25, 0.3) is 0 Å². The lowest BCUT2D eigenvalue weighted by atomic mass is 10.1. The van der Waals surface area contributed by atoms with Crippen LogP contribution in [0.15, 0.2) is 18.2 Å². The summed E-state index contributed by atoms with van der Waals surface area (Å²) in [4.78, 5) is 16.8. The minimum atomic E-state index is 0.123. The third-order valence-corrected chi connectivity index (χ3v) is 4.36. The van der Waals surface area contributed by atoms with Crippen molar-refractivity contribution < 1.29 is 9.90 Å². The lowest BCUT2D eigenvalue weighted by Gasteiger charge is -2.22. The number of fused-ring (bicyclic) bond motifs is 1. The van der Waals surface area contributed by atoms with Crippen molar-refractivity contribution in [2.45, 2.75) is 12.8 Å². The number of benzene rings is 1. The number of carbonyl (C=O) groups is 1. The number of anilines is 1.